The second-order valence-electron chi connectivity index (χ2n) is 4.99. The molecule has 0 radical (unpaired) electrons. The van der Waals surface area contributed by atoms with Gasteiger partial charge in [0, 0.05) is 28.5 Å². The van der Waals surface area contributed by atoms with E-state index < -0.39 is 5.63 Å². The number of Topliss-reactive ketones (excluding diaryl/α,β-unsaturated/α-hetero) is 1. The van der Waals surface area contributed by atoms with Crippen molar-refractivity contribution in [2.24, 2.45) is 0 Å². The Morgan fingerprint density at radius 2 is 2.00 bits per heavy atom. The summed E-state index contributed by atoms with van der Waals surface area (Å²) in [7, 11) is 0. The predicted molar refractivity (Wildman–Crippen MR) is 88.2 cm³/mol. The molecule has 3 aromatic rings. The molecule has 23 heavy (non-hydrogen) atoms. The van der Waals surface area contributed by atoms with Crippen LogP contribution in [0.1, 0.15) is 15.9 Å². The molecule has 0 saturated carbocycles. The Labute approximate surface area is 136 Å². The summed E-state index contributed by atoms with van der Waals surface area (Å²) in [4.78, 5) is 27.5. The van der Waals surface area contributed by atoms with Crippen LogP contribution in [0.25, 0.3) is 15.8 Å². The smallest absolute Gasteiger partial charge is 0.336 e. The number of fused-ring (bicyclic) bond motifs is 1. The van der Waals surface area contributed by atoms with E-state index in [-0.39, 0.29) is 12.2 Å². The number of hydrogen-bond donors (Lipinski definition) is 0. The molecule has 1 aromatic heterocycles. The number of rotatable bonds is 3. The summed E-state index contributed by atoms with van der Waals surface area (Å²) >= 11 is 5.90. The molecular formula is C18H10ClNO3. The normalized spacial score (nSPS) is 10.4. The molecule has 0 bridgehead atoms. The van der Waals surface area contributed by atoms with Gasteiger partial charge < -0.3 is 4.42 Å². The lowest BCUT2D eigenvalue weighted by Crippen LogP contribution is -2.07. The maximum absolute atomic E-state index is 12.4. The molecule has 0 fully saturated rings. The Balaban J connectivity index is 2.07. The molecule has 112 valence electrons. The summed E-state index contributed by atoms with van der Waals surface area (Å²) in [6, 6.07) is 12.7. The van der Waals surface area contributed by atoms with Crippen molar-refractivity contribution < 1.29 is 9.21 Å². The van der Waals surface area contributed by atoms with Crippen molar-refractivity contribution in [3.63, 3.8) is 0 Å². The minimum absolute atomic E-state index is 0.0316. The minimum atomic E-state index is -0.526. The largest absolute Gasteiger partial charge is 0.423 e. The zero-order valence-electron chi connectivity index (χ0n) is 11.9. The zero-order valence-corrected chi connectivity index (χ0v) is 12.6. The molecule has 0 saturated heterocycles. The topological polar surface area (TPSA) is 51.6 Å². The van der Waals surface area contributed by atoms with Crippen molar-refractivity contribution in [3.8, 4) is 0 Å². The Morgan fingerprint density at radius 3 is 2.74 bits per heavy atom. The van der Waals surface area contributed by atoms with E-state index in [9.17, 15) is 9.59 Å². The quantitative estimate of drug-likeness (QED) is 0.407. The van der Waals surface area contributed by atoms with E-state index in [0.717, 1.165) is 0 Å². The summed E-state index contributed by atoms with van der Waals surface area (Å²) in [5, 5.41) is 1.07. The zero-order chi connectivity index (χ0) is 16.4. The molecule has 4 nitrogen and oxygen atoms in total. The van der Waals surface area contributed by atoms with Gasteiger partial charge in [-0.05, 0) is 29.8 Å². The van der Waals surface area contributed by atoms with Crippen LogP contribution in [-0.2, 0) is 6.42 Å². The van der Waals surface area contributed by atoms with Gasteiger partial charge in [-0.2, -0.15) is 0 Å². The first-order valence-electron chi connectivity index (χ1n) is 6.80. The first kappa shape index (κ1) is 15.0. The maximum atomic E-state index is 12.4. The highest BCUT2D eigenvalue weighted by Gasteiger charge is 2.12. The van der Waals surface area contributed by atoms with E-state index in [4.69, 9.17) is 22.6 Å². The predicted octanol–water partition coefficient (Wildman–Crippen LogP) is 4.42. The Hall–Kier alpha value is -2.90. The third kappa shape index (κ3) is 3.15. The maximum Gasteiger partial charge on any atom is 0.336 e. The van der Waals surface area contributed by atoms with Gasteiger partial charge in [0.15, 0.2) is 11.5 Å². The molecule has 1 heterocycles. The van der Waals surface area contributed by atoms with Crippen LogP contribution in [0.5, 0.6) is 0 Å². The van der Waals surface area contributed by atoms with Gasteiger partial charge in [0.2, 0.25) is 0 Å². The Bertz CT molecular complexity index is 1010. The number of nitrogens with zero attached hydrogens (tertiary/aromatic N) is 1. The number of carbonyl (C=O) groups excluding carboxylic acids is 1. The van der Waals surface area contributed by atoms with Gasteiger partial charge in [-0.1, -0.05) is 29.8 Å². The number of halogens is 1. The van der Waals surface area contributed by atoms with E-state index >= 15 is 0 Å². The molecule has 0 N–H and O–H groups in total. The van der Waals surface area contributed by atoms with Crippen molar-refractivity contribution in [1.82, 2.24) is 0 Å². The average Bonchev–Trinajstić information content (AvgIpc) is 2.54. The summed E-state index contributed by atoms with van der Waals surface area (Å²) in [6.45, 7) is 7.08. The number of hydrogen-bond acceptors (Lipinski definition) is 3. The van der Waals surface area contributed by atoms with Gasteiger partial charge in [0.25, 0.3) is 0 Å². The van der Waals surface area contributed by atoms with E-state index in [1.54, 1.807) is 42.5 Å². The highest BCUT2D eigenvalue weighted by Crippen LogP contribution is 2.24. The third-order valence-corrected chi connectivity index (χ3v) is 3.67. The third-order valence-electron chi connectivity index (χ3n) is 3.44. The molecule has 0 aliphatic heterocycles. The van der Waals surface area contributed by atoms with Gasteiger partial charge >= 0.3 is 5.63 Å². The fourth-order valence-electron chi connectivity index (χ4n) is 2.37. The molecule has 5 heteroatoms. The fourth-order valence-corrected chi connectivity index (χ4v) is 2.56. The molecule has 2 aromatic carbocycles. The average molecular weight is 324 g/mol. The van der Waals surface area contributed by atoms with Gasteiger partial charge in [0.05, 0.1) is 6.57 Å². The lowest BCUT2D eigenvalue weighted by Gasteiger charge is -2.06. The van der Waals surface area contributed by atoms with E-state index in [2.05, 4.69) is 4.85 Å². The first-order chi connectivity index (χ1) is 11.1. The van der Waals surface area contributed by atoms with Gasteiger partial charge in [-0.25, -0.2) is 9.64 Å². The van der Waals surface area contributed by atoms with E-state index in [1.165, 1.54) is 6.07 Å². The molecule has 0 atom stereocenters. The van der Waals surface area contributed by atoms with Crippen LogP contribution in [-0.4, -0.2) is 5.78 Å². The summed E-state index contributed by atoms with van der Waals surface area (Å²) in [6.07, 6.45) is 0.0316. The van der Waals surface area contributed by atoms with E-state index in [0.29, 0.717) is 32.8 Å². The van der Waals surface area contributed by atoms with Crippen LogP contribution >= 0.6 is 11.6 Å². The lowest BCUT2D eigenvalue weighted by atomic mass is 10.0. The fraction of sp³-hybridized carbons (Fsp3) is 0.0556. The van der Waals surface area contributed by atoms with Crippen LogP contribution in [0, 0.1) is 6.57 Å². The minimum Gasteiger partial charge on any atom is -0.423 e. The molecule has 0 spiro atoms. The molecular weight excluding hydrogens is 314 g/mol. The second-order valence-corrected chi connectivity index (χ2v) is 5.43. The lowest BCUT2D eigenvalue weighted by molar-refractivity contribution is 0.0993. The standard InChI is InChI=1S/C18H10ClNO3/c1-20-14-5-6-17-15(10-14)12(9-18(22)23-17)8-16(21)11-3-2-4-13(19)7-11/h2-7,9-10H,8H2. The molecule has 0 aliphatic carbocycles. The number of ketones is 1. The summed E-state index contributed by atoms with van der Waals surface area (Å²) in [5.41, 5.74) is 1.26. The second kappa shape index (κ2) is 6.07. The van der Waals surface area contributed by atoms with Crippen molar-refractivity contribution in [2.75, 3.05) is 0 Å². The van der Waals surface area contributed by atoms with Crippen LogP contribution in [0.4, 0.5) is 5.69 Å². The van der Waals surface area contributed by atoms with Crippen LogP contribution in [0.3, 0.4) is 0 Å². The van der Waals surface area contributed by atoms with Crippen LogP contribution in [0.2, 0.25) is 5.02 Å². The summed E-state index contributed by atoms with van der Waals surface area (Å²) < 4.78 is 5.12. The Morgan fingerprint density at radius 1 is 1.17 bits per heavy atom. The molecule has 0 amide bonds. The molecule has 0 aliphatic rings. The first-order valence-corrected chi connectivity index (χ1v) is 7.17. The van der Waals surface area contributed by atoms with Crippen LogP contribution in [0.15, 0.2) is 57.7 Å². The van der Waals surface area contributed by atoms with Crippen molar-refractivity contribution in [3.05, 3.63) is 86.5 Å². The summed E-state index contributed by atoms with van der Waals surface area (Å²) in [5.74, 6) is -0.160. The monoisotopic (exact) mass is 323 g/mol. The molecule has 0 unspecified atom stereocenters. The van der Waals surface area contributed by atoms with Crippen molar-refractivity contribution >= 4 is 34.0 Å². The Kier molecular flexibility index (Phi) is 3.96. The highest BCUT2D eigenvalue weighted by atomic mass is 35.5. The van der Waals surface area contributed by atoms with E-state index in [1.807, 2.05) is 0 Å². The SMILES string of the molecule is [C-]#[N+]c1ccc2oc(=O)cc(CC(=O)c3cccc(Cl)c3)c2c1. The number of carbonyl (C=O) groups is 1. The van der Waals surface area contributed by atoms with Gasteiger partial charge in [-0.15, -0.1) is 0 Å². The highest BCUT2D eigenvalue weighted by molar-refractivity contribution is 6.31. The van der Waals surface area contributed by atoms with Gasteiger partial charge in [-0.3, -0.25) is 4.79 Å². The van der Waals surface area contributed by atoms with Crippen LogP contribution < -0.4 is 5.63 Å². The van der Waals surface area contributed by atoms with Crippen molar-refractivity contribution in [2.45, 2.75) is 6.42 Å². The van der Waals surface area contributed by atoms with Crippen molar-refractivity contribution in [1.29, 1.82) is 0 Å². The number of benzene rings is 2. The molecule has 3 rings (SSSR count). The van der Waals surface area contributed by atoms with Gasteiger partial charge in [0.1, 0.15) is 5.58 Å².